The molecule has 118 valence electrons. The van der Waals surface area contributed by atoms with E-state index in [0.29, 0.717) is 23.4 Å². The van der Waals surface area contributed by atoms with Crippen LogP contribution in [0.4, 0.5) is 8.78 Å². The molecule has 2 aromatic rings. The van der Waals surface area contributed by atoms with Crippen LogP contribution >= 0.6 is 0 Å². The fraction of sp³-hybridized carbons (Fsp3) is 0.176. The molecule has 0 bridgehead atoms. The van der Waals surface area contributed by atoms with Crippen molar-refractivity contribution in [2.75, 3.05) is 6.61 Å². The summed E-state index contributed by atoms with van der Waals surface area (Å²) in [5, 5.41) is 9.27. The maximum Gasteiger partial charge on any atom is 0.387 e. The number of hydrogen-bond acceptors (Lipinski definition) is 4. The van der Waals surface area contributed by atoms with Gasteiger partial charge in [-0.25, -0.2) is 0 Å². The standard InChI is InChI=1S/C17H14F2N2O2/c1-2-22-16-10-12(6-7-15(16)23-17(18)19)9-13(11-20)14-5-3-4-8-21-14/h3-10,17H,2H2,1H3/b13-9+. The van der Waals surface area contributed by atoms with Gasteiger partial charge >= 0.3 is 6.61 Å². The van der Waals surface area contributed by atoms with Crippen LogP contribution in [0.2, 0.25) is 0 Å². The number of pyridine rings is 1. The van der Waals surface area contributed by atoms with Crippen molar-refractivity contribution in [1.29, 1.82) is 5.26 Å². The van der Waals surface area contributed by atoms with Crippen molar-refractivity contribution in [3.8, 4) is 17.6 Å². The van der Waals surface area contributed by atoms with E-state index in [2.05, 4.69) is 15.8 Å². The highest BCUT2D eigenvalue weighted by Crippen LogP contribution is 2.31. The molecule has 0 atom stereocenters. The Kier molecular flexibility index (Phi) is 5.64. The minimum Gasteiger partial charge on any atom is -0.490 e. The predicted molar refractivity (Wildman–Crippen MR) is 82.0 cm³/mol. The number of ether oxygens (including phenoxy) is 2. The molecular weight excluding hydrogens is 302 g/mol. The Balaban J connectivity index is 2.37. The Morgan fingerprint density at radius 2 is 2.13 bits per heavy atom. The highest BCUT2D eigenvalue weighted by molar-refractivity contribution is 5.88. The van der Waals surface area contributed by atoms with Crippen LogP contribution in [-0.2, 0) is 0 Å². The van der Waals surface area contributed by atoms with Crippen LogP contribution in [0.5, 0.6) is 11.5 Å². The molecule has 0 unspecified atom stereocenters. The minimum atomic E-state index is -2.93. The summed E-state index contributed by atoms with van der Waals surface area (Å²) < 4.78 is 34.5. The number of hydrogen-bond donors (Lipinski definition) is 0. The Morgan fingerprint density at radius 1 is 1.30 bits per heavy atom. The molecule has 1 heterocycles. The first-order valence-electron chi connectivity index (χ1n) is 6.89. The Hall–Kier alpha value is -2.94. The first-order chi connectivity index (χ1) is 11.1. The lowest BCUT2D eigenvalue weighted by Gasteiger charge is -2.11. The highest BCUT2D eigenvalue weighted by atomic mass is 19.3. The number of nitriles is 1. The fourth-order valence-corrected chi connectivity index (χ4v) is 1.93. The van der Waals surface area contributed by atoms with Crippen LogP contribution < -0.4 is 9.47 Å². The SMILES string of the molecule is CCOc1cc(/C=C(\C#N)c2ccccn2)ccc1OC(F)F. The second kappa shape index (κ2) is 7.90. The van der Waals surface area contributed by atoms with E-state index in [1.807, 2.05) is 0 Å². The molecule has 0 fully saturated rings. The van der Waals surface area contributed by atoms with E-state index in [-0.39, 0.29) is 11.5 Å². The molecule has 0 N–H and O–H groups in total. The van der Waals surface area contributed by atoms with Crippen molar-refractivity contribution in [3.63, 3.8) is 0 Å². The lowest BCUT2D eigenvalue weighted by atomic mass is 10.1. The van der Waals surface area contributed by atoms with Gasteiger partial charge in [0.15, 0.2) is 11.5 Å². The van der Waals surface area contributed by atoms with Gasteiger partial charge in [-0.3, -0.25) is 4.98 Å². The molecule has 4 nitrogen and oxygen atoms in total. The summed E-state index contributed by atoms with van der Waals surface area (Å²) in [6.45, 7) is -0.889. The Bertz CT molecular complexity index is 725. The van der Waals surface area contributed by atoms with Gasteiger partial charge in [-0.1, -0.05) is 12.1 Å². The van der Waals surface area contributed by atoms with Crippen LogP contribution in [0.15, 0.2) is 42.6 Å². The number of benzene rings is 1. The molecule has 0 radical (unpaired) electrons. The monoisotopic (exact) mass is 316 g/mol. The van der Waals surface area contributed by atoms with E-state index in [9.17, 15) is 14.0 Å². The average Bonchev–Trinajstić information content (AvgIpc) is 2.55. The van der Waals surface area contributed by atoms with Gasteiger partial charge in [-0.2, -0.15) is 14.0 Å². The zero-order valence-corrected chi connectivity index (χ0v) is 12.4. The van der Waals surface area contributed by atoms with Gasteiger partial charge in [0.2, 0.25) is 0 Å². The van der Waals surface area contributed by atoms with Crippen molar-refractivity contribution < 1.29 is 18.3 Å². The van der Waals surface area contributed by atoms with E-state index in [4.69, 9.17) is 4.74 Å². The third kappa shape index (κ3) is 4.51. The summed E-state index contributed by atoms with van der Waals surface area (Å²) in [6.07, 6.45) is 3.20. The van der Waals surface area contributed by atoms with Crippen LogP contribution in [0.1, 0.15) is 18.2 Å². The Morgan fingerprint density at radius 3 is 2.74 bits per heavy atom. The lowest BCUT2D eigenvalue weighted by molar-refractivity contribution is -0.0514. The number of allylic oxidation sites excluding steroid dienone is 1. The molecule has 6 heteroatoms. The first kappa shape index (κ1) is 16.4. The molecule has 0 saturated carbocycles. The van der Waals surface area contributed by atoms with Crippen molar-refractivity contribution in [2.45, 2.75) is 13.5 Å². The second-order valence-electron chi connectivity index (χ2n) is 4.40. The van der Waals surface area contributed by atoms with E-state index >= 15 is 0 Å². The summed E-state index contributed by atoms with van der Waals surface area (Å²) in [6, 6.07) is 11.8. The van der Waals surface area contributed by atoms with Crippen LogP contribution in [0.25, 0.3) is 11.6 Å². The maximum absolute atomic E-state index is 12.4. The van der Waals surface area contributed by atoms with E-state index in [1.165, 1.54) is 6.07 Å². The first-order valence-corrected chi connectivity index (χ1v) is 6.89. The molecule has 0 aliphatic carbocycles. The zero-order chi connectivity index (χ0) is 16.7. The molecule has 0 aliphatic heterocycles. The third-order valence-electron chi connectivity index (χ3n) is 2.86. The minimum absolute atomic E-state index is 0.0460. The van der Waals surface area contributed by atoms with Gasteiger partial charge in [0.25, 0.3) is 0 Å². The summed E-state index contributed by atoms with van der Waals surface area (Å²) in [4.78, 5) is 4.12. The van der Waals surface area contributed by atoms with Crippen molar-refractivity contribution in [1.82, 2.24) is 4.98 Å². The molecule has 1 aromatic heterocycles. The summed E-state index contributed by atoms with van der Waals surface area (Å²) in [5.41, 5.74) is 1.51. The van der Waals surface area contributed by atoms with E-state index < -0.39 is 6.61 Å². The second-order valence-corrected chi connectivity index (χ2v) is 4.40. The fourth-order valence-electron chi connectivity index (χ4n) is 1.93. The van der Waals surface area contributed by atoms with Crippen molar-refractivity contribution >= 4 is 11.6 Å². The molecule has 2 rings (SSSR count). The normalized spacial score (nSPS) is 11.2. The molecule has 1 aromatic carbocycles. The number of aromatic nitrogens is 1. The van der Waals surface area contributed by atoms with Gasteiger partial charge in [0.1, 0.15) is 6.07 Å². The van der Waals surface area contributed by atoms with Gasteiger partial charge in [0.05, 0.1) is 17.9 Å². The largest absolute Gasteiger partial charge is 0.490 e. The summed E-state index contributed by atoms with van der Waals surface area (Å²) >= 11 is 0. The van der Waals surface area contributed by atoms with E-state index in [1.54, 1.807) is 49.5 Å². The predicted octanol–water partition coefficient (Wildman–Crippen LogP) is 4.15. The quantitative estimate of drug-likeness (QED) is 0.751. The van der Waals surface area contributed by atoms with Crippen molar-refractivity contribution in [3.05, 3.63) is 53.9 Å². The number of rotatable bonds is 6. The molecular formula is C17H14F2N2O2. The van der Waals surface area contributed by atoms with Crippen LogP contribution in [0.3, 0.4) is 0 Å². The van der Waals surface area contributed by atoms with Gasteiger partial charge in [0, 0.05) is 6.20 Å². The Labute approximate surface area is 132 Å². The summed E-state index contributed by atoms with van der Waals surface area (Å²) in [5.74, 6) is 0.148. The van der Waals surface area contributed by atoms with Gasteiger partial charge < -0.3 is 9.47 Å². The molecule has 0 amide bonds. The van der Waals surface area contributed by atoms with Crippen LogP contribution in [0, 0.1) is 11.3 Å². The van der Waals surface area contributed by atoms with Gasteiger partial charge in [-0.15, -0.1) is 0 Å². The van der Waals surface area contributed by atoms with Gasteiger partial charge in [-0.05, 0) is 42.8 Å². The third-order valence-corrected chi connectivity index (χ3v) is 2.86. The maximum atomic E-state index is 12.4. The lowest BCUT2D eigenvalue weighted by Crippen LogP contribution is -2.04. The van der Waals surface area contributed by atoms with Crippen molar-refractivity contribution in [2.24, 2.45) is 0 Å². The summed E-state index contributed by atoms with van der Waals surface area (Å²) in [7, 11) is 0. The molecule has 0 saturated heterocycles. The molecule has 0 aliphatic rings. The highest BCUT2D eigenvalue weighted by Gasteiger charge is 2.11. The molecule has 23 heavy (non-hydrogen) atoms. The number of alkyl halides is 2. The number of nitrogens with zero attached hydrogens (tertiary/aromatic N) is 2. The number of halogens is 2. The average molecular weight is 316 g/mol. The smallest absolute Gasteiger partial charge is 0.387 e. The topological polar surface area (TPSA) is 55.1 Å². The zero-order valence-electron chi connectivity index (χ0n) is 12.4. The van der Waals surface area contributed by atoms with Crippen LogP contribution in [-0.4, -0.2) is 18.2 Å². The van der Waals surface area contributed by atoms with E-state index in [0.717, 1.165) is 0 Å². The molecule has 0 spiro atoms.